The summed E-state index contributed by atoms with van der Waals surface area (Å²) >= 11 is 0. The number of hydrogen-bond donors (Lipinski definition) is 2. The predicted octanol–water partition coefficient (Wildman–Crippen LogP) is 1.52. The zero-order valence-corrected chi connectivity index (χ0v) is 12.4. The number of carbonyl (C=O) groups excluding carboxylic acids is 1. The number of amides is 1. The zero-order chi connectivity index (χ0) is 15.5. The lowest BCUT2D eigenvalue weighted by Gasteiger charge is -2.24. The van der Waals surface area contributed by atoms with E-state index in [2.05, 4.69) is 10.3 Å². The second-order valence-electron chi connectivity index (χ2n) is 5.77. The highest BCUT2D eigenvalue weighted by Crippen LogP contribution is 2.37. The third kappa shape index (κ3) is 3.32. The fourth-order valence-corrected chi connectivity index (χ4v) is 2.65. The van der Waals surface area contributed by atoms with Crippen molar-refractivity contribution in [2.45, 2.75) is 25.7 Å². The molecular weight excluding hydrogens is 270 g/mol. The molecule has 1 saturated carbocycles. The Balaban J connectivity index is 1.99. The third-order valence-electron chi connectivity index (χ3n) is 4.07. The molecule has 1 heterocycles. The number of carboxylic acid groups (broad SMARTS) is 1. The van der Waals surface area contributed by atoms with E-state index >= 15 is 0 Å². The Morgan fingerprint density at radius 3 is 2.48 bits per heavy atom. The molecule has 2 N–H and O–H groups in total. The molecule has 21 heavy (non-hydrogen) atoms. The summed E-state index contributed by atoms with van der Waals surface area (Å²) in [6, 6.07) is 3.46. The maximum Gasteiger partial charge on any atom is 0.311 e. The molecule has 6 heteroatoms. The van der Waals surface area contributed by atoms with Gasteiger partial charge in [0.2, 0.25) is 0 Å². The first-order valence-corrected chi connectivity index (χ1v) is 7.10. The monoisotopic (exact) mass is 291 g/mol. The zero-order valence-electron chi connectivity index (χ0n) is 12.4. The fraction of sp³-hybridized carbons (Fsp3) is 0.533. The first-order chi connectivity index (χ1) is 9.94. The molecule has 2 rings (SSSR count). The van der Waals surface area contributed by atoms with Crippen molar-refractivity contribution in [1.82, 2.24) is 10.3 Å². The Hall–Kier alpha value is -2.11. The van der Waals surface area contributed by atoms with Crippen molar-refractivity contribution in [2.75, 3.05) is 25.5 Å². The maximum atomic E-state index is 12.1. The van der Waals surface area contributed by atoms with Crippen molar-refractivity contribution in [2.24, 2.45) is 5.41 Å². The molecule has 1 amide bonds. The number of carboxylic acids is 1. The van der Waals surface area contributed by atoms with Gasteiger partial charge in [-0.1, -0.05) is 12.8 Å². The number of anilines is 1. The van der Waals surface area contributed by atoms with E-state index in [1.165, 1.54) is 6.20 Å². The van der Waals surface area contributed by atoms with Gasteiger partial charge in [0.05, 0.1) is 11.0 Å². The van der Waals surface area contributed by atoms with E-state index in [1.807, 2.05) is 19.0 Å². The molecule has 0 aliphatic heterocycles. The van der Waals surface area contributed by atoms with Crippen LogP contribution in [-0.2, 0) is 4.79 Å². The normalized spacial score (nSPS) is 16.5. The Kier molecular flexibility index (Phi) is 4.45. The van der Waals surface area contributed by atoms with Crippen LogP contribution in [0.25, 0.3) is 0 Å². The molecule has 0 unspecified atom stereocenters. The van der Waals surface area contributed by atoms with Gasteiger partial charge in [0.15, 0.2) is 0 Å². The SMILES string of the molecule is CN(C)c1ccc(C(=O)NCC2(C(=O)O)CCCC2)cn1. The van der Waals surface area contributed by atoms with E-state index in [9.17, 15) is 14.7 Å². The summed E-state index contributed by atoms with van der Waals surface area (Å²) in [5.41, 5.74) is -0.355. The highest BCUT2D eigenvalue weighted by Gasteiger charge is 2.41. The van der Waals surface area contributed by atoms with Gasteiger partial charge in [-0.25, -0.2) is 4.98 Å². The van der Waals surface area contributed by atoms with Crippen LogP contribution in [0.3, 0.4) is 0 Å². The molecule has 114 valence electrons. The molecule has 1 aromatic rings. The number of nitrogens with zero attached hydrogens (tertiary/aromatic N) is 2. The standard InChI is InChI=1S/C15H21N3O3/c1-18(2)12-6-5-11(9-16-12)13(19)17-10-15(14(20)21)7-3-4-8-15/h5-6,9H,3-4,7-8,10H2,1-2H3,(H,17,19)(H,20,21). The quantitative estimate of drug-likeness (QED) is 0.859. The summed E-state index contributed by atoms with van der Waals surface area (Å²) in [7, 11) is 3.75. The Bertz CT molecular complexity index is 519. The summed E-state index contributed by atoms with van der Waals surface area (Å²) in [5.74, 6) is -0.328. The van der Waals surface area contributed by atoms with Crippen LogP contribution in [-0.4, -0.2) is 42.6 Å². The highest BCUT2D eigenvalue weighted by molar-refractivity contribution is 5.94. The Labute approximate surface area is 124 Å². The van der Waals surface area contributed by atoms with Gasteiger partial charge in [0.25, 0.3) is 5.91 Å². The number of hydrogen-bond acceptors (Lipinski definition) is 4. The molecule has 1 aliphatic carbocycles. The molecule has 0 radical (unpaired) electrons. The number of pyridine rings is 1. The molecule has 0 aromatic carbocycles. The van der Waals surface area contributed by atoms with Crippen molar-refractivity contribution in [3.8, 4) is 0 Å². The van der Waals surface area contributed by atoms with Crippen molar-refractivity contribution >= 4 is 17.7 Å². The second-order valence-corrected chi connectivity index (χ2v) is 5.77. The summed E-state index contributed by atoms with van der Waals surface area (Å²) in [6.45, 7) is 0.177. The van der Waals surface area contributed by atoms with Crippen LogP contribution < -0.4 is 10.2 Å². The van der Waals surface area contributed by atoms with Gasteiger partial charge in [-0.3, -0.25) is 9.59 Å². The number of rotatable bonds is 5. The minimum Gasteiger partial charge on any atom is -0.481 e. The smallest absolute Gasteiger partial charge is 0.311 e. The summed E-state index contributed by atoms with van der Waals surface area (Å²) < 4.78 is 0. The van der Waals surface area contributed by atoms with E-state index in [0.29, 0.717) is 18.4 Å². The molecule has 0 bridgehead atoms. The van der Waals surface area contributed by atoms with Gasteiger partial charge in [-0.2, -0.15) is 0 Å². The molecule has 0 saturated heterocycles. The van der Waals surface area contributed by atoms with Gasteiger partial charge in [-0.05, 0) is 25.0 Å². The van der Waals surface area contributed by atoms with E-state index in [1.54, 1.807) is 12.1 Å². The lowest BCUT2D eigenvalue weighted by molar-refractivity contribution is -0.148. The number of nitrogens with one attached hydrogen (secondary N) is 1. The highest BCUT2D eigenvalue weighted by atomic mass is 16.4. The van der Waals surface area contributed by atoms with Crippen LogP contribution in [0.5, 0.6) is 0 Å². The van der Waals surface area contributed by atoms with Crippen molar-refractivity contribution in [3.05, 3.63) is 23.9 Å². The summed E-state index contributed by atoms with van der Waals surface area (Å²) in [4.78, 5) is 29.5. The molecule has 0 spiro atoms. The number of aromatic nitrogens is 1. The first-order valence-electron chi connectivity index (χ1n) is 7.10. The average Bonchev–Trinajstić information content (AvgIpc) is 2.95. The van der Waals surface area contributed by atoms with Gasteiger partial charge >= 0.3 is 5.97 Å². The lowest BCUT2D eigenvalue weighted by atomic mass is 9.86. The number of aliphatic carboxylic acids is 1. The first kappa shape index (κ1) is 15.3. The van der Waals surface area contributed by atoms with Gasteiger partial charge in [0, 0.05) is 26.8 Å². The van der Waals surface area contributed by atoms with Gasteiger partial charge < -0.3 is 15.3 Å². The lowest BCUT2D eigenvalue weighted by Crippen LogP contribution is -2.41. The van der Waals surface area contributed by atoms with Crippen LogP contribution in [0.1, 0.15) is 36.0 Å². The van der Waals surface area contributed by atoms with E-state index in [0.717, 1.165) is 18.7 Å². The van der Waals surface area contributed by atoms with Crippen molar-refractivity contribution in [1.29, 1.82) is 0 Å². The molecule has 1 aromatic heterocycles. The molecule has 1 fully saturated rings. The van der Waals surface area contributed by atoms with Gasteiger partial charge in [-0.15, -0.1) is 0 Å². The molecule has 0 atom stereocenters. The fourth-order valence-electron chi connectivity index (χ4n) is 2.65. The minimum atomic E-state index is -0.818. The topological polar surface area (TPSA) is 82.5 Å². The Morgan fingerprint density at radius 2 is 2.00 bits per heavy atom. The third-order valence-corrected chi connectivity index (χ3v) is 4.07. The van der Waals surface area contributed by atoms with Crippen LogP contribution in [0.15, 0.2) is 18.3 Å². The van der Waals surface area contributed by atoms with E-state index < -0.39 is 11.4 Å². The summed E-state index contributed by atoms with van der Waals surface area (Å²) in [5, 5.41) is 12.1. The van der Waals surface area contributed by atoms with Crippen LogP contribution in [0.4, 0.5) is 5.82 Å². The largest absolute Gasteiger partial charge is 0.481 e. The predicted molar refractivity (Wildman–Crippen MR) is 79.4 cm³/mol. The maximum absolute atomic E-state index is 12.1. The average molecular weight is 291 g/mol. The van der Waals surface area contributed by atoms with Gasteiger partial charge in [0.1, 0.15) is 5.82 Å². The minimum absolute atomic E-state index is 0.177. The number of carbonyl (C=O) groups is 2. The van der Waals surface area contributed by atoms with E-state index in [4.69, 9.17) is 0 Å². The molecular formula is C15H21N3O3. The molecule has 6 nitrogen and oxygen atoms in total. The van der Waals surface area contributed by atoms with Crippen LogP contribution >= 0.6 is 0 Å². The Morgan fingerprint density at radius 1 is 1.33 bits per heavy atom. The van der Waals surface area contributed by atoms with Crippen LogP contribution in [0, 0.1) is 5.41 Å². The van der Waals surface area contributed by atoms with Crippen molar-refractivity contribution < 1.29 is 14.7 Å². The second kappa shape index (κ2) is 6.11. The van der Waals surface area contributed by atoms with Crippen LogP contribution in [0.2, 0.25) is 0 Å². The molecule has 1 aliphatic rings. The van der Waals surface area contributed by atoms with E-state index in [-0.39, 0.29) is 12.5 Å². The summed E-state index contributed by atoms with van der Waals surface area (Å²) in [6.07, 6.45) is 4.57. The van der Waals surface area contributed by atoms with Crippen molar-refractivity contribution in [3.63, 3.8) is 0 Å².